The SMILES string of the molecule is c1cc2cc3sc(-c4ccc(-c5cc6cc7sccc7cc6s5)c5nsnc45)cc3cc2s1. The second kappa shape index (κ2) is 6.91. The summed E-state index contributed by atoms with van der Waals surface area (Å²) in [5, 5.41) is 9.57. The van der Waals surface area contributed by atoms with Crippen molar-refractivity contribution in [2.24, 2.45) is 0 Å². The standard InChI is InChI=1S/C26H12N2S5/c1-2-18(24-12-16-10-20-14(4-6-30-20)8-22(16)32-24)26-25(27-33-28-26)17(1)23-11-15-9-19-13(3-5-29-19)7-21(15)31-23/h1-12H. The highest BCUT2D eigenvalue weighted by molar-refractivity contribution is 7.23. The highest BCUT2D eigenvalue weighted by Gasteiger charge is 2.17. The minimum absolute atomic E-state index is 1.00. The molecule has 0 radical (unpaired) electrons. The number of rotatable bonds is 2. The maximum atomic E-state index is 4.73. The molecule has 0 saturated carbocycles. The Morgan fingerprint density at radius 3 is 1.48 bits per heavy atom. The van der Waals surface area contributed by atoms with Gasteiger partial charge in [0.1, 0.15) is 11.0 Å². The molecular weight excluding hydrogens is 501 g/mol. The van der Waals surface area contributed by atoms with Crippen LogP contribution in [-0.2, 0) is 0 Å². The Bertz CT molecular complexity index is 1760. The molecule has 0 aliphatic heterocycles. The van der Waals surface area contributed by atoms with E-state index < -0.39 is 0 Å². The van der Waals surface area contributed by atoms with Crippen LogP contribution in [-0.4, -0.2) is 8.75 Å². The smallest absolute Gasteiger partial charge is 0.114 e. The Hall–Kier alpha value is -2.68. The largest absolute Gasteiger partial charge is 0.172 e. The summed E-state index contributed by atoms with van der Waals surface area (Å²) in [5.41, 5.74) is 4.36. The lowest BCUT2D eigenvalue weighted by molar-refractivity contribution is 1.64. The fraction of sp³-hybridized carbons (Fsp3) is 0. The fourth-order valence-electron chi connectivity index (χ4n) is 4.52. The zero-order chi connectivity index (χ0) is 21.5. The molecule has 0 amide bonds. The number of aromatic nitrogens is 2. The van der Waals surface area contributed by atoms with E-state index in [9.17, 15) is 0 Å². The molecular formula is C26H12N2S5. The third-order valence-electron chi connectivity index (χ3n) is 6.13. The Morgan fingerprint density at radius 2 is 0.970 bits per heavy atom. The summed E-state index contributed by atoms with van der Waals surface area (Å²) >= 11 is 8.58. The minimum atomic E-state index is 1.00. The van der Waals surface area contributed by atoms with Gasteiger partial charge < -0.3 is 0 Å². The molecule has 33 heavy (non-hydrogen) atoms. The van der Waals surface area contributed by atoms with Crippen LogP contribution < -0.4 is 0 Å². The van der Waals surface area contributed by atoms with Crippen molar-refractivity contribution in [1.29, 1.82) is 0 Å². The van der Waals surface area contributed by atoms with Gasteiger partial charge in [0.2, 0.25) is 0 Å². The molecule has 2 nitrogen and oxygen atoms in total. The molecule has 0 unspecified atom stereocenters. The number of thiophene rings is 4. The Labute approximate surface area is 208 Å². The minimum Gasteiger partial charge on any atom is -0.172 e. The van der Waals surface area contributed by atoms with E-state index >= 15 is 0 Å². The average molecular weight is 513 g/mol. The molecule has 0 aliphatic carbocycles. The van der Waals surface area contributed by atoms with Gasteiger partial charge in [-0.05, 0) is 80.8 Å². The molecule has 0 spiro atoms. The number of nitrogens with zero attached hydrogens (tertiary/aromatic N) is 2. The molecule has 8 aromatic rings. The first-order valence-corrected chi connectivity index (χ1v) is 14.5. The second-order valence-electron chi connectivity index (χ2n) is 8.04. The van der Waals surface area contributed by atoms with Crippen LogP contribution >= 0.6 is 57.1 Å². The summed E-state index contributed by atoms with van der Waals surface area (Å²) in [4.78, 5) is 2.51. The number of hydrogen-bond acceptors (Lipinski definition) is 7. The van der Waals surface area contributed by atoms with E-state index in [2.05, 4.69) is 71.4 Å². The molecule has 5 aromatic heterocycles. The van der Waals surface area contributed by atoms with Crippen LogP contribution in [0.25, 0.3) is 72.3 Å². The summed E-state index contributed by atoms with van der Waals surface area (Å²) < 4.78 is 14.8. The lowest BCUT2D eigenvalue weighted by Crippen LogP contribution is -1.81. The second-order valence-corrected chi connectivity index (χ2v) is 12.6. The van der Waals surface area contributed by atoms with Gasteiger partial charge in [-0.25, -0.2) is 0 Å². The lowest BCUT2D eigenvalue weighted by atomic mass is 10.0. The highest BCUT2D eigenvalue weighted by atomic mass is 32.1. The third-order valence-corrected chi connectivity index (χ3v) is 10.7. The average Bonchev–Trinajstić information content (AvgIpc) is 3.63. The number of fused-ring (bicyclic) bond motifs is 5. The highest BCUT2D eigenvalue weighted by Crippen LogP contribution is 2.43. The summed E-state index contributed by atoms with van der Waals surface area (Å²) in [7, 11) is 0. The molecule has 7 heteroatoms. The van der Waals surface area contributed by atoms with Gasteiger partial charge in [0.15, 0.2) is 0 Å². The van der Waals surface area contributed by atoms with E-state index in [1.165, 1.54) is 73.0 Å². The zero-order valence-electron chi connectivity index (χ0n) is 16.9. The predicted octanol–water partition coefficient (Wildman–Crippen LogP) is 9.88. The van der Waals surface area contributed by atoms with Gasteiger partial charge in [-0.2, -0.15) is 8.75 Å². The third kappa shape index (κ3) is 2.81. The molecule has 0 bridgehead atoms. The first-order valence-electron chi connectivity index (χ1n) is 10.4. The maximum Gasteiger partial charge on any atom is 0.114 e. The quantitative estimate of drug-likeness (QED) is 0.230. The van der Waals surface area contributed by atoms with Crippen LogP contribution in [0.4, 0.5) is 0 Å². The first-order chi connectivity index (χ1) is 16.3. The van der Waals surface area contributed by atoms with E-state index in [1.807, 2.05) is 22.7 Å². The van der Waals surface area contributed by atoms with Gasteiger partial charge in [0.05, 0.1) is 11.7 Å². The number of hydrogen-bond donors (Lipinski definition) is 0. The van der Waals surface area contributed by atoms with Gasteiger partial charge in [-0.3, -0.25) is 0 Å². The molecule has 5 heterocycles. The van der Waals surface area contributed by atoms with Crippen LogP contribution in [0.5, 0.6) is 0 Å². The van der Waals surface area contributed by atoms with Gasteiger partial charge in [-0.15, -0.1) is 45.3 Å². The van der Waals surface area contributed by atoms with Crippen molar-refractivity contribution in [1.82, 2.24) is 8.75 Å². The maximum absolute atomic E-state index is 4.73. The van der Waals surface area contributed by atoms with Gasteiger partial charge in [0, 0.05) is 39.7 Å². The topological polar surface area (TPSA) is 25.8 Å². The molecule has 0 fully saturated rings. The molecule has 0 atom stereocenters. The first kappa shape index (κ1) is 18.7. The lowest BCUT2D eigenvalue weighted by Gasteiger charge is -2.03. The van der Waals surface area contributed by atoms with Crippen LogP contribution in [0.2, 0.25) is 0 Å². The molecule has 3 aromatic carbocycles. The van der Waals surface area contributed by atoms with E-state index in [-0.39, 0.29) is 0 Å². The van der Waals surface area contributed by atoms with Crippen molar-refractivity contribution in [3.63, 3.8) is 0 Å². The van der Waals surface area contributed by atoms with E-state index in [4.69, 9.17) is 8.75 Å². The molecule has 0 aliphatic rings. The fourth-order valence-corrected chi connectivity index (χ4v) is 8.97. The molecule has 8 rings (SSSR count). The van der Waals surface area contributed by atoms with Crippen molar-refractivity contribution in [3.05, 3.63) is 71.4 Å². The van der Waals surface area contributed by atoms with Crippen molar-refractivity contribution in [2.75, 3.05) is 0 Å². The van der Waals surface area contributed by atoms with Crippen LogP contribution in [0.15, 0.2) is 71.4 Å². The predicted molar refractivity (Wildman–Crippen MR) is 150 cm³/mol. The van der Waals surface area contributed by atoms with Crippen LogP contribution in [0, 0.1) is 0 Å². The van der Waals surface area contributed by atoms with Crippen LogP contribution in [0.1, 0.15) is 0 Å². The monoisotopic (exact) mass is 512 g/mol. The normalized spacial score (nSPS) is 12.2. The summed E-state index contributed by atoms with van der Waals surface area (Å²) in [6.45, 7) is 0. The van der Waals surface area contributed by atoms with Gasteiger partial charge >= 0.3 is 0 Å². The zero-order valence-corrected chi connectivity index (χ0v) is 20.9. The molecule has 0 saturated heterocycles. The number of benzene rings is 3. The van der Waals surface area contributed by atoms with E-state index in [1.54, 1.807) is 22.7 Å². The van der Waals surface area contributed by atoms with Crippen molar-refractivity contribution in [2.45, 2.75) is 0 Å². The van der Waals surface area contributed by atoms with E-state index in [0.717, 1.165) is 11.0 Å². The summed E-state index contributed by atoms with van der Waals surface area (Å²) in [5.74, 6) is 0. The van der Waals surface area contributed by atoms with Crippen molar-refractivity contribution >= 4 is 108 Å². The summed E-state index contributed by atoms with van der Waals surface area (Å²) in [6, 6.07) is 22.7. The van der Waals surface area contributed by atoms with Gasteiger partial charge in [0.25, 0.3) is 0 Å². The van der Waals surface area contributed by atoms with Gasteiger partial charge in [-0.1, -0.05) is 12.1 Å². The van der Waals surface area contributed by atoms with Crippen molar-refractivity contribution in [3.8, 4) is 20.9 Å². The molecule has 0 N–H and O–H groups in total. The van der Waals surface area contributed by atoms with E-state index in [0.29, 0.717) is 0 Å². The van der Waals surface area contributed by atoms with Crippen molar-refractivity contribution < 1.29 is 0 Å². The Balaban J connectivity index is 1.31. The summed E-state index contributed by atoms with van der Waals surface area (Å²) in [6.07, 6.45) is 0. The van der Waals surface area contributed by atoms with Crippen LogP contribution in [0.3, 0.4) is 0 Å². The Morgan fingerprint density at radius 1 is 0.485 bits per heavy atom. The Kier molecular flexibility index (Phi) is 3.92. The molecule has 156 valence electrons.